The summed E-state index contributed by atoms with van der Waals surface area (Å²) in [7, 11) is 0. The van der Waals surface area contributed by atoms with Gasteiger partial charge in [0.15, 0.2) is 0 Å². The first-order valence-electron chi connectivity index (χ1n) is 5.37. The lowest BCUT2D eigenvalue weighted by Gasteiger charge is -2.08. The average Bonchev–Trinajstić information content (AvgIpc) is 2.11. The summed E-state index contributed by atoms with van der Waals surface area (Å²) in [6, 6.07) is 0. The predicted octanol–water partition coefficient (Wildman–Crippen LogP) is 4.13. The molecule has 0 heterocycles. The fourth-order valence-corrected chi connectivity index (χ4v) is 1.77. The lowest BCUT2D eigenvalue weighted by atomic mass is 9.97. The molecule has 0 aromatic heterocycles. The van der Waals surface area contributed by atoms with Crippen molar-refractivity contribution in [1.82, 2.24) is 0 Å². The van der Waals surface area contributed by atoms with Crippen LogP contribution in [-0.2, 0) is 0 Å². The van der Waals surface area contributed by atoms with Gasteiger partial charge in [-0.05, 0) is 31.6 Å². The maximum absolute atomic E-state index is 4.18. The molecule has 1 aliphatic carbocycles. The van der Waals surface area contributed by atoms with E-state index in [1.807, 2.05) is 0 Å². The van der Waals surface area contributed by atoms with Crippen molar-refractivity contribution in [3.63, 3.8) is 0 Å². The summed E-state index contributed by atoms with van der Waals surface area (Å²) in [5, 5.41) is 0. The second-order valence-electron chi connectivity index (χ2n) is 3.91. The molecule has 0 spiro atoms. The molecule has 1 rings (SSSR count). The molecular weight excluding hydrogens is 144 g/mol. The summed E-state index contributed by atoms with van der Waals surface area (Å²) in [6.07, 6.45) is 15.4. The van der Waals surface area contributed by atoms with Crippen LogP contribution in [0.1, 0.15) is 51.4 Å². The molecule has 1 radical (unpaired) electrons. The molecule has 69 valence electrons. The molecule has 0 aliphatic heterocycles. The first-order chi connectivity index (χ1) is 5.89. The van der Waals surface area contributed by atoms with Crippen LogP contribution in [0.25, 0.3) is 0 Å². The minimum atomic E-state index is 0.725. The number of allylic oxidation sites excluding steroid dienone is 2. The predicted molar refractivity (Wildman–Crippen MR) is 54.9 cm³/mol. The van der Waals surface area contributed by atoms with Crippen molar-refractivity contribution in [2.45, 2.75) is 51.4 Å². The molecule has 0 aromatic rings. The largest absolute Gasteiger partial charge is 0.0885 e. The summed E-state index contributed by atoms with van der Waals surface area (Å²) < 4.78 is 0. The van der Waals surface area contributed by atoms with E-state index < -0.39 is 0 Å². The highest BCUT2D eigenvalue weighted by Crippen LogP contribution is 2.17. The van der Waals surface area contributed by atoms with Crippen LogP contribution >= 0.6 is 0 Å². The Labute approximate surface area is 77.1 Å². The molecule has 12 heavy (non-hydrogen) atoms. The molecular formula is C12H21. The zero-order valence-electron chi connectivity index (χ0n) is 8.10. The quantitative estimate of drug-likeness (QED) is 0.473. The maximum atomic E-state index is 4.18. The molecule has 0 heteroatoms. The van der Waals surface area contributed by atoms with Gasteiger partial charge in [-0.3, -0.25) is 0 Å². The van der Waals surface area contributed by atoms with Gasteiger partial charge in [0.05, 0.1) is 0 Å². The topological polar surface area (TPSA) is 0 Å². The first kappa shape index (κ1) is 9.83. The zero-order valence-corrected chi connectivity index (χ0v) is 8.10. The molecule has 0 saturated carbocycles. The van der Waals surface area contributed by atoms with Crippen LogP contribution in [0.2, 0.25) is 0 Å². The van der Waals surface area contributed by atoms with E-state index in [2.05, 4.69) is 19.1 Å². The van der Waals surface area contributed by atoms with E-state index in [9.17, 15) is 0 Å². The van der Waals surface area contributed by atoms with Crippen molar-refractivity contribution >= 4 is 0 Å². The summed E-state index contributed by atoms with van der Waals surface area (Å²) >= 11 is 0. The van der Waals surface area contributed by atoms with Crippen LogP contribution in [-0.4, -0.2) is 0 Å². The van der Waals surface area contributed by atoms with Crippen LogP contribution in [0.15, 0.2) is 12.2 Å². The lowest BCUT2D eigenvalue weighted by Crippen LogP contribution is -1.94. The summed E-state index contributed by atoms with van der Waals surface area (Å²) in [6.45, 7) is 4.18. The molecule has 0 unspecified atom stereocenters. The molecule has 0 bridgehead atoms. The Bertz CT molecular complexity index is 110. The Hall–Kier alpha value is -0.260. The van der Waals surface area contributed by atoms with Gasteiger partial charge >= 0.3 is 0 Å². The van der Waals surface area contributed by atoms with E-state index in [-0.39, 0.29) is 0 Å². The van der Waals surface area contributed by atoms with Crippen molar-refractivity contribution < 1.29 is 0 Å². The maximum Gasteiger partial charge on any atom is -0.0351 e. The first-order valence-corrected chi connectivity index (χ1v) is 5.37. The van der Waals surface area contributed by atoms with Gasteiger partial charge in [0.25, 0.3) is 0 Å². The average molecular weight is 165 g/mol. The van der Waals surface area contributed by atoms with Crippen molar-refractivity contribution in [3.8, 4) is 0 Å². The third-order valence-corrected chi connectivity index (χ3v) is 2.63. The molecule has 0 aromatic carbocycles. The summed E-state index contributed by atoms with van der Waals surface area (Å²) in [5.74, 6) is 0.725. The summed E-state index contributed by atoms with van der Waals surface area (Å²) in [5.41, 5.74) is 0. The zero-order chi connectivity index (χ0) is 8.65. The van der Waals surface area contributed by atoms with Crippen LogP contribution in [0.5, 0.6) is 0 Å². The normalized spacial score (nSPS) is 26.1. The Balaban J connectivity index is 2.21. The molecule has 1 aliphatic rings. The monoisotopic (exact) mass is 165 g/mol. The highest BCUT2D eigenvalue weighted by molar-refractivity contribution is 4.82. The lowest BCUT2D eigenvalue weighted by molar-refractivity contribution is 0.487. The van der Waals surface area contributed by atoms with Crippen LogP contribution < -0.4 is 0 Å². The summed E-state index contributed by atoms with van der Waals surface area (Å²) in [4.78, 5) is 0. The third kappa shape index (κ3) is 4.58. The van der Waals surface area contributed by atoms with Gasteiger partial charge in [-0.25, -0.2) is 0 Å². The van der Waals surface area contributed by atoms with Crippen LogP contribution in [0.3, 0.4) is 0 Å². The second-order valence-corrected chi connectivity index (χ2v) is 3.91. The third-order valence-electron chi connectivity index (χ3n) is 2.63. The van der Waals surface area contributed by atoms with E-state index in [4.69, 9.17) is 0 Å². The minimum absolute atomic E-state index is 0.725. The van der Waals surface area contributed by atoms with Crippen LogP contribution in [0.4, 0.5) is 0 Å². The molecule has 0 nitrogen and oxygen atoms in total. The number of hydrogen-bond donors (Lipinski definition) is 0. The van der Waals surface area contributed by atoms with Gasteiger partial charge in [-0.1, -0.05) is 44.8 Å². The van der Waals surface area contributed by atoms with E-state index in [1.165, 1.54) is 51.4 Å². The smallest absolute Gasteiger partial charge is 0.0351 e. The van der Waals surface area contributed by atoms with Gasteiger partial charge in [0.1, 0.15) is 0 Å². The molecule has 0 fully saturated rings. The standard InChI is InChI=1S/C12H21/c1-12-10-8-6-4-2-3-5-7-9-11-12/h2-3,12H,1,4-11H2/b3-2-. The Morgan fingerprint density at radius 1 is 0.833 bits per heavy atom. The van der Waals surface area contributed by atoms with Gasteiger partial charge in [-0.2, -0.15) is 0 Å². The van der Waals surface area contributed by atoms with Crippen molar-refractivity contribution in [3.05, 3.63) is 19.1 Å². The van der Waals surface area contributed by atoms with Crippen LogP contribution in [0, 0.1) is 12.8 Å². The molecule has 0 N–H and O–H groups in total. The van der Waals surface area contributed by atoms with E-state index in [0.29, 0.717) is 0 Å². The fraction of sp³-hybridized carbons (Fsp3) is 0.750. The van der Waals surface area contributed by atoms with Crippen molar-refractivity contribution in [2.24, 2.45) is 5.92 Å². The highest BCUT2D eigenvalue weighted by atomic mass is 14.1. The van der Waals surface area contributed by atoms with Crippen molar-refractivity contribution in [1.29, 1.82) is 0 Å². The van der Waals surface area contributed by atoms with Gasteiger partial charge in [0.2, 0.25) is 0 Å². The highest BCUT2D eigenvalue weighted by Gasteiger charge is 2.01. The minimum Gasteiger partial charge on any atom is -0.0885 e. The van der Waals surface area contributed by atoms with E-state index >= 15 is 0 Å². The fourth-order valence-electron chi connectivity index (χ4n) is 1.77. The van der Waals surface area contributed by atoms with Gasteiger partial charge in [0, 0.05) is 0 Å². The Kier molecular flexibility index (Phi) is 5.14. The number of hydrogen-bond acceptors (Lipinski definition) is 0. The molecule has 0 atom stereocenters. The van der Waals surface area contributed by atoms with Crippen molar-refractivity contribution in [2.75, 3.05) is 0 Å². The van der Waals surface area contributed by atoms with Gasteiger partial charge in [-0.15, -0.1) is 0 Å². The van der Waals surface area contributed by atoms with Gasteiger partial charge < -0.3 is 0 Å². The number of rotatable bonds is 0. The Morgan fingerprint density at radius 3 is 1.83 bits per heavy atom. The SMILES string of the molecule is [CH2]C1CCCC/C=C\CCCC1. The van der Waals surface area contributed by atoms with E-state index in [0.717, 1.165) is 5.92 Å². The second kappa shape index (κ2) is 6.28. The molecule has 0 amide bonds. The Morgan fingerprint density at radius 2 is 1.33 bits per heavy atom. The van der Waals surface area contributed by atoms with E-state index in [1.54, 1.807) is 0 Å². The molecule has 0 saturated heterocycles.